The summed E-state index contributed by atoms with van der Waals surface area (Å²) in [6, 6.07) is 5.49. The largest absolute Gasteiger partial charge is 0.398 e. The van der Waals surface area contributed by atoms with Gasteiger partial charge in [-0.15, -0.1) is 0 Å². The third-order valence-electron chi connectivity index (χ3n) is 4.01. The molecular formula is C15H21ClN2O. The third-order valence-corrected chi connectivity index (χ3v) is 4.36. The molecule has 1 unspecified atom stereocenters. The molecule has 3 nitrogen and oxygen atoms in total. The number of anilines is 1. The molecule has 2 N–H and O–H groups in total. The molecule has 19 heavy (non-hydrogen) atoms. The fraction of sp³-hybridized carbons (Fsp3) is 0.533. The van der Waals surface area contributed by atoms with Crippen molar-refractivity contribution in [2.24, 2.45) is 5.92 Å². The van der Waals surface area contributed by atoms with Gasteiger partial charge in [-0.25, -0.2) is 0 Å². The Bertz CT molecular complexity index is 441. The van der Waals surface area contributed by atoms with Crippen LogP contribution in [-0.2, 0) is 11.3 Å². The molecule has 2 rings (SSSR count). The van der Waals surface area contributed by atoms with Crippen molar-refractivity contribution in [2.75, 3.05) is 12.3 Å². The van der Waals surface area contributed by atoms with Gasteiger partial charge in [0.1, 0.15) is 0 Å². The molecule has 1 aliphatic rings. The smallest absolute Gasteiger partial charge is 0.222 e. The summed E-state index contributed by atoms with van der Waals surface area (Å²) in [4.78, 5) is 14.0. The zero-order valence-corrected chi connectivity index (χ0v) is 12.1. The number of nitrogens with zero attached hydrogens (tertiary/aromatic N) is 1. The quantitative estimate of drug-likeness (QED) is 0.862. The van der Waals surface area contributed by atoms with Gasteiger partial charge in [0.25, 0.3) is 0 Å². The number of hydrogen-bond acceptors (Lipinski definition) is 2. The van der Waals surface area contributed by atoms with Gasteiger partial charge in [-0.3, -0.25) is 4.79 Å². The molecule has 1 aromatic rings. The lowest BCUT2D eigenvalue weighted by Gasteiger charge is -2.22. The van der Waals surface area contributed by atoms with Crippen LogP contribution in [0.2, 0.25) is 5.02 Å². The molecule has 1 atom stereocenters. The number of benzene rings is 1. The molecule has 0 radical (unpaired) electrons. The van der Waals surface area contributed by atoms with Crippen LogP contribution in [0.25, 0.3) is 0 Å². The molecule has 4 heteroatoms. The van der Waals surface area contributed by atoms with Gasteiger partial charge >= 0.3 is 0 Å². The highest BCUT2D eigenvalue weighted by Gasteiger charge is 2.22. The van der Waals surface area contributed by atoms with Crippen LogP contribution in [0.1, 0.15) is 38.2 Å². The number of carbonyl (C=O) groups excluding carboxylic acids is 1. The third kappa shape index (κ3) is 3.41. The van der Waals surface area contributed by atoms with Crippen LogP contribution in [0, 0.1) is 5.92 Å². The molecule has 1 aliphatic heterocycles. The predicted molar refractivity (Wildman–Crippen MR) is 78.9 cm³/mol. The normalized spacial score (nSPS) is 20.4. The minimum atomic E-state index is 0.218. The van der Waals surface area contributed by atoms with E-state index in [2.05, 4.69) is 6.92 Å². The molecule has 1 fully saturated rings. The lowest BCUT2D eigenvalue weighted by atomic mass is 9.98. The number of nitrogens with two attached hydrogens (primary N) is 1. The first-order valence-electron chi connectivity index (χ1n) is 6.92. The summed E-state index contributed by atoms with van der Waals surface area (Å²) in [5.41, 5.74) is 7.49. The van der Waals surface area contributed by atoms with Crippen molar-refractivity contribution < 1.29 is 4.79 Å². The topological polar surface area (TPSA) is 46.3 Å². The minimum Gasteiger partial charge on any atom is -0.398 e. The second-order valence-corrected chi connectivity index (χ2v) is 5.63. The summed E-state index contributed by atoms with van der Waals surface area (Å²) >= 11 is 6.18. The highest BCUT2D eigenvalue weighted by Crippen LogP contribution is 2.27. The SMILES string of the molecule is CCC1CCC(=O)N(Cc2c(N)cccc2Cl)CC1. The van der Waals surface area contributed by atoms with E-state index in [1.807, 2.05) is 23.1 Å². The number of likely N-dealkylation sites (tertiary alicyclic amines) is 1. The van der Waals surface area contributed by atoms with Crippen LogP contribution >= 0.6 is 11.6 Å². The van der Waals surface area contributed by atoms with Crippen molar-refractivity contribution >= 4 is 23.2 Å². The van der Waals surface area contributed by atoms with Gasteiger partial charge in [0.05, 0.1) is 0 Å². The summed E-state index contributed by atoms with van der Waals surface area (Å²) in [5.74, 6) is 0.882. The maximum atomic E-state index is 12.1. The molecular weight excluding hydrogens is 260 g/mol. The molecule has 1 heterocycles. The highest BCUT2D eigenvalue weighted by atomic mass is 35.5. The van der Waals surface area contributed by atoms with Crippen LogP contribution in [0.5, 0.6) is 0 Å². The van der Waals surface area contributed by atoms with Crippen molar-refractivity contribution in [3.63, 3.8) is 0 Å². The Morgan fingerprint density at radius 3 is 2.89 bits per heavy atom. The predicted octanol–water partition coefficient (Wildman–Crippen LogP) is 3.46. The fourth-order valence-electron chi connectivity index (χ4n) is 2.60. The van der Waals surface area contributed by atoms with Gasteiger partial charge in [0.2, 0.25) is 5.91 Å². The van der Waals surface area contributed by atoms with Crippen molar-refractivity contribution in [3.8, 4) is 0 Å². The van der Waals surface area contributed by atoms with Gasteiger partial charge in [0, 0.05) is 35.8 Å². The van der Waals surface area contributed by atoms with E-state index >= 15 is 0 Å². The van der Waals surface area contributed by atoms with Gasteiger partial charge < -0.3 is 10.6 Å². The van der Waals surface area contributed by atoms with Gasteiger partial charge in [-0.05, 0) is 30.9 Å². The molecule has 0 aliphatic carbocycles. The Morgan fingerprint density at radius 2 is 2.21 bits per heavy atom. The molecule has 1 aromatic carbocycles. The van der Waals surface area contributed by atoms with Crippen LogP contribution in [0.15, 0.2) is 18.2 Å². The zero-order valence-electron chi connectivity index (χ0n) is 11.4. The van der Waals surface area contributed by atoms with E-state index < -0.39 is 0 Å². The van der Waals surface area contributed by atoms with Crippen LogP contribution < -0.4 is 5.73 Å². The Kier molecular flexibility index (Phi) is 4.70. The molecule has 0 bridgehead atoms. The standard InChI is InChI=1S/C15H21ClN2O/c1-2-11-6-7-15(19)18(9-8-11)10-12-13(16)4-3-5-14(12)17/h3-5,11H,2,6-10,17H2,1H3. The Hall–Kier alpha value is -1.22. The van der Waals surface area contributed by atoms with Crippen LogP contribution in [0.4, 0.5) is 5.69 Å². The maximum Gasteiger partial charge on any atom is 0.222 e. The van der Waals surface area contributed by atoms with Crippen molar-refractivity contribution in [1.29, 1.82) is 0 Å². The number of nitrogen functional groups attached to an aromatic ring is 1. The summed E-state index contributed by atoms with van der Waals surface area (Å²) in [6.45, 7) is 3.53. The van der Waals surface area contributed by atoms with Gasteiger partial charge in [0.15, 0.2) is 0 Å². The number of carbonyl (C=O) groups is 1. The summed E-state index contributed by atoms with van der Waals surface area (Å²) < 4.78 is 0. The van der Waals surface area contributed by atoms with E-state index in [0.29, 0.717) is 29.6 Å². The van der Waals surface area contributed by atoms with E-state index in [1.54, 1.807) is 0 Å². The highest BCUT2D eigenvalue weighted by molar-refractivity contribution is 6.31. The van der Waals surface area contributed by atoms with Gasteiger partial charge in [-0.1, -0.05) is 31.0 Å². The number of rotatable bonds is 3. The van der Waals surface area contributed by atoms with Gasteiger partial charge in [-0.2, -0.15) is 0 Å². The summed E-state index contributed by atoms with van der Waals surface area (Å²) in [6.07, 6.45) is 3.87. The molecule has 1 amide bonds. The second-order valence-electron chi connectivity index (χ2n) is 5.22. The van der Waals surface area contributed by atoms with Crippen molar-refractivity contribution in [3.05, 3.63) is 28.8 Å². The minimum absolute atomic E-state index is 0.218. The lowest BCUT2D eigenvalue weighted by molar-refractivity contribution is -0.131. The molecule has 0 saturated carbocycles. The first kappa shape index (κ1) is 14.2. The lowest BCUT2D eigenvalue weighted by Crippen LogP contribution is -2.30. The number of amides is 1. The first-order valence-corrected chi connectivity index (χ1v) is 7.30. The molecule has 0 spiro atoms. The van der Waals surface area contributed by atoms with E-state index in [4.69, 9.17) is 17.3 Å². The maximum absolute atomic E-state index is 12.1. The average Bonchev–Trinajstić information content (AvgIpc) is 2.57. The summed E-state index contributed by atoms with van der Waals surface area (Å²) in [7, 11) is 0. The first-order chi connectivity index (χ1) is 9.11. The van der Waals surface area contributed by atoms with E-state index in [0.717, 1.165) is 31.4 Å². The Morgan fingerprint density at radius 1 is 1.42 bits per heavy atom. The molecule has 0 aromatic heterocycles. The second kappa shape index (κ2) is 6.29. The zero-order chi connectivity index (χ0) is 13.8. The molecule has 1 saturated heterocycles. The van der Waals surface area contributed by atoms with E-state index in [-0.39, 0.29) is 5.91 Å². The van der Waals surface area contributed by atoms with Crippen LogP contribution in [-0.4, -0.2) is 17.4 Å². The Balaban J connectivity index is 2.11. The van der Waals surface area contributed by atoms with Crippen LogP contribution in [0.3, 0.4) is 0 Å². The average molecular weight is 281 g/mol. The number of hydrogen-bond donors (Lipinski definition) is 1. The van der Waals surface area contributed by atoms with E-state index in [9.17, 15) is 4.79 Å². The summed E-state index contributed by atoms with van der Waals surface area (Å²) in [5, 5.41) is 0.643. The monoisotopic (exact) mass is 280 g/mol. The van der Waals surface area contributed by atoms with Crippen molar-refractivity contribution in [2.45, 2.75) is 39.2 Å². The van der Waals surface area contributed by atoms with E-state index in [1.165, 1.54) is 0 Å². The Labute approximate surface area is 119 Å². The van der Waals surface area contributed by atoms with Crippen molar-refractivity contribution in [1.82, 2.24) is 4.90 Å². The number of halogens is 1. The molecule has 104 valence electrons. The fourth-order valence-corrected chi connectivity index (χ4v) is 2.84.